The molecule has 0 radical (unpaired) electrons. The zero-order valence-electron chi connectivity index (χ0n) is 10.8. The molecule has 0 unspecified atom stereocenters. The Kier molecular flexibility index (Phi) is 2.21. The van der Waals surface area contributed by atoms with Gasteiger partial charge in [0, 0.05) is 27.9 Å². The number of aromatic hydroxyl groups is 1. The van der Waals surface area contributed by atoms with Gasteiger partial charge in [-0.2, -0.15) is 0 Å². The van der Waals surface area contributed by atoms with Crippen LogP contribution in [0.5, 0.6) is 5.75 Å². The summed E-state index contributed by atoms with van der Waals surface area (Å²) in [6.45, 7) is 0. The van der Waals surface area contributed by atoms with Crippen molar-refractivity contribution in [2.24, 2.45) is 0 Å². The number of nitrogens with zero attached hydrogens (tertiary/aromatic N) is 1. The Morgan fingerprint density at radius 2 is 1.90 bits per heavy atom. The minimum absolute atomic E-state index is 0.0319. The number of rotatable bonds is 1. The highest BCUT2D eigenvalue weighted by molar-refractivity contribution is 6.21. The van der Waals surface area contributed by atoms with Crippen molar-refractivity contribution in [1.82, 2.24) is 9.97 Å². The largest absolute Gasteiger partial charge is 0.506 e. The molecular formula is C16H10N2O3. The van der Waals surface area contributed by atoms with Gasteiger partial charge in [0.1, 0.15) is 11.3 Å². The van der Waals surface area contributed by atoms with Crippen LogP contribution < -0.4 is 0 Å². The molecule has 2 aromatic heterocycles. The van der Waals surface area contributed by atoms with Crippen molar-refractivity contribution < 1.29 is 15.0 Å². The Bertz CT molecular complexity index is 1030. The van der Waals surface area contributed by atoms with Crippen LogP contribution in [0.3, 0.4) is 0 Å². The van der Waals surface area contributed by atoms with E-state index in [0.29, 0.717) is 10.9 Å². The van der Waals surface area contributed by atoms with Crippen LogP contribution in [-0.2, 0) is 0 Å². The van der Waals surface area contributed by atoms with E-state index in [1.165, 1.54) is 12.1 Å². The van der Waals surface area contributed by atoms with Crippen LogP contribution in [0.15, 0.2) is 42.6 Å². The first-order valence-corrected chi connectivity index (χ1v) is 6.41. The molecule has 0 spiro atoms. The number of nitrogens with one attached hydrogen (secondary N) is 1. The molecule has 5 nitrogen and oxygen atoms in total. The van der Waals surface area contributed by atoms with E-state index < -0.39 is 5.97 Å². The molecule has 5 heteroatoms. The number of phenols is 1. The van der Waals surface area contributed by atoms with Gasteiger partial charge in [0.25, 0.3) is 0 Å². The lowest BCUT2D eigenvalue weighted by molar-refractivity contribution is 0.0699. The molecule has 21 heavy (non-hydrogen) atoms. The molecule has 4 aromatic rings. The number of phenolic OH excluding ortho intramolecular Hbond substituents is 1. The van der Waals surface area contributed by atoms with Crippen LogP contribution in [0.25, 0.3) is 32.7 Å². The Hall–Kier alpha value is -3.08. The van der Waals surface area contributed by atoms with E-state index in [1.807, 2.05) is 24.3 Å². The van der Waals surface area contributed by atoms with Crippen molar-refractivity contribution in [1.29, 1.82) is 0 Å². The summed E-state index contributed by atoms with van der Waals surface area (Å²) in [5.41, 5.74) is 1.98. The molecule has 0 saturated heterocycles. The number of aromatic nitrogens is 2. The monoisotopic (exact) mass is 278 g/mol. The Balaban J connectivity index is 2.32. The number of hydrogen-bond donors (Lipinski definition) is 3. The number of carboxylic acid groups (broad SMARTS) is 1. The number of carbonyl (C=O) groups is 1. The summed E-state index contributed by atoms with van der Waals surface area (Å²) in [6.07, 6.45) is 1.65. The van der Waals surface area contributed by atoms with Crippen LogP contribution in [-0.4, -0.2) is 26.2 Å². The summed E-state index contributed by atoms with van der Waals surface area (Å²) in [4.78, 5) is 18.9. The Morgan fingerprint density at radius 1 is 1.10 bits per heavy atom. The number of aromatic carboxylic acids is 1. The number of hydrogen-bond acceptors (Lipinski definition) is 3. The second-order valence-corrected chi connectivity index (χ2v) is 4.88. The number of aromatic amines is 1. The van der Waals surface area contributed by atoms with E-state index >= 15 is 0 Å². The van der Waals surface area contributed by atoms with Gasteiger partial charge in [-0.3, -0.25) is 4.98 Å². The van der Waals surface area contributed by atoms with Gasteiger partial charge in [0.15, 0.2) is 0 Å². The van der Waals surface area contributed by atoms with Gasteiger partial charge in [0.05, 0.1) is 11.1 Å². The van der Waals surface area contributed by atoms with Gasteiger partial charge in [0.2, 0.25) is 0 Å². The summed E-state index contributed by atoms with van der Waals surface area (Å²) < 4.78 is 0. The van der Waals surface area contributed by atoms with Crippen molar-refractivity contribution in [3.8, 4) is 5.75 Å². The number of fused-ring (bicyclic) bond motifs is 5. The second-order valence-electron chi connectivity index (χ2n) is 4.88. The van der Waals surface area contributed by atoms with Gasteiger partial charge in [-0.25, -0.2) is 4.79 Å². The molecule has 0 aliphatic carbocycles. The van der Waals surface area contributed by atoms with Gasteiger partial charge >= 0.3 is 5.97 Å². The maximum atomic E-state index is 11.5. The summed E-state index contributed by atoms with van der Waals surface area (Å²) in [6, 6.07) is 10.4. The molecule has 0 fully saturated rings. The Morgan fingerprint density at radius 3 is 2.71 bits per heavy atom. The standard InChI is InChI=1S/C16H10N2O3/c19-12-6-5-9(16(20)21)13-14-10(7-17-15(12)13)8-3-1-2-4-11(8)18-14/h1-7,18-19H,(H,20,21). The molecule has 0 saturated carbocycles. The normalized spacial score (nSPS) is 11.4. The fourth-order valence-corrected chi connectivity index (χ4v) is 2.77. The van der Waals surface area contributed by atoms with E-state index in [-0.39, 0.29) is 16.8 Å². The average molecular weight is 278 g/mol. The molecule has 0 bridgehead atoms. The summed E-state index contributed by atoms with van der Waals surface area (Å²) >= 11 is 0. The fraction of sp³-hybridized carbons (Fsp3) is 0. The van der Waals surface area contributed by atoms with Gasteiger partial charge in [-0.1, -0.05) is 18.2 Å². The highest BCUT2D eigenvalue weighted by Gasteiger charge is 2.17. The molecule has 0 aliphatic rings. The van der Waals surface area contributed by atoms with E-state index in [1.54, 1.807) is 6.20 Å². The van der Waals surface area contributed by atoms with Crippen LogP contribution in [0, 0.1) is 0 Å². The summed E-state index contributed by atoms with van der Waals surface area (Å²) in [5, 5.41) is 21.6. The third-order valence-electron chi connectivity index (χ3n) is 3.71. The smallest absolute Gasteiger partial charge is 0.336 e. The second kappa shape index (κ2) is 3.96. The van der Waals surface area contributed by atoms with Crippen molar-refractivity contribution in [2.75, 3.05) is 0 Å². The van der Waals surface area contributed by atoms with Crippen molar-refractivity contribution in [2.45, 2.75) is 0 Å². The third-order valence-corrected chi connectivity index (χ3v) is 3.71. The maximum Gasteiger partial charge on any atom is 0.336 e. The van der Waals surface area contributed by atoms with Crippen molar-refractivity contribution in [3.05, 3.63) is 48.2 Å². The lowest BCUT2D eigenvalue weighted by Gasteiger charge is -2.05. The topological polar surface area (TPSA) is 86.2 Å². The van der Waals surface area contributed by atoms with Crippen LogP contribution >= 0.6 is 0 Å². The van der Waals surface area contributed by atoms with E-state index in [0.717, 1.165) is 16.3 Å². The molecule has 3 N–H and O–H groups in total. The minimum atomic E-state index is -1.05. The van der Waals surface area contributed by atoms with Crippen LogP contribution in [0.4, 0.5) is 0 Å². The molecule has 102 valence electrons. The summed E-state index contributed by atoms with van der Waals surface area (Å²) in [7, 11) is 0. The van der Waals surface area contributed by atoms with Crippen molar-refractivity contribution >= 4 is 38.7 Å². The number of para-hydroxylation sites is 1. The van der Waals surface area contributed by atoms with E-state index in [4.69, 9.17) is 0 Å². The predicted molar refractivity (Wildman–Crippen MR) is 79.7 cm³/mol. The van der Waals surface area contributed by atoms with Crippen LogP contribution in [0.1, 0.15) is 10.4 Å². The zero-order valence-corrected chi connectivity index (χ0v) is 10.8. The highest BCUT2D eigenvalue weighted by atomic mass is 16.4. The molecule has 0 amide bonds. The lowest BCUT2D eigenvalue weighted by atomic mass is 10.0. The lowest BCUT2D eigenvalue weighted by Crippen LogP contribution is -1.98. The van der Waals surface area contributed by atoms with Gasteiger partial charge in [-0.05, 0) is 18.2 Å². The summed E-state index contributed by atoms with van der Waals surface area (Å²) in [5.74, 6) is -1.08. The first kappa shape index (κ1) is 11.7. The maximum absolute atomic E-state index is 11.5. The molecule has 0 aliphatic heterocycles. The highest BCUT2D eigenvalue weighted by Crippen LogP contribution is 2.34. The van der Waals surface area contributed by atoms with Gasteiger partial charge < -0.3 is 15.2 Å². The Labute approximate surface area is 118 Å². The van der Waals surface area contributed by atoms with Gasteiger partial charge in [-0.15, -0.1) is 0 Å². The molecule has 2 heterocycles. The fourth-order valence-electron chi connectivity index (χ4n) is 2.77. The molecular weight excluding hydrogens is 268 g/mol. The number of benzene rings is 2. The first-order chi connectivity index (χ1) is 10.2. The molecule has 0 atom stereocenters. The number of pyridine rings is 1. The first-order valence-electron chi connectivity index (χ1n) is 6.41. The van der Waals surface area contributed by atoms with Crippen molar-refractivity contribution in [3.63, 3.8) is 0 Å². The zero-order chi connectivity index (χ0) is 14.6. The SMILES string of the molecule is O=C(O)c1ccc(O)c2ncc3c4ccccc4[nH]c3c12. The molecule has 4 rings (SSSR count). The van der Waals surface area contributed by atoms with E-state index in [2.05, 4.69) is 9.97 Å². The molecule has 2 aromatic carbocycles. The van der Waals surface area contributed by atoms with E-state index in [9.17, 15) is 15.0 Å². The minimum Gasteiger partial charge on any atom is -0.506 e. The predicted octanol–water partition coefficient (Wildman–Crippen LogP) is 3.27. The average Bonchev–Trinajstić information content (AvgIpc) is 2.86. The third kappa shape index (κ3) is 1.51. The number of H-pyrrole nitrogens is 1. The van der Waals surface area contributed by atoms with Crippen LogP contribution in [0.2, 0.25) is 0 Å². The quantitative estimate of drug-likeness (QED) is 0.498. The number of carboxylic acids is 1.